The zero-order valence-corrected chi connectivity index (χ0v) is 19.9. The Kier molecular flexibility index (Phi) is 6.69. The first-order valence-corrected chi connectivity index (χ1v) is 11.1. The van der Waals surface area contributed by atoms with Crippen molar-refractivity contribution < 1.29 is 23.7 Å². The number of rotatable bonds is 8. The molecule has 4 aromatic rings. The van der Waals surface area contributed by atoms with Crippen LogP contribution in [0.1, 0.15) is 0 Å². The van der Waals surface area contributed by atoms with E-state index >= 15 is 0 Å². The molecule has 176 valence electrons. The van der Waals surface area contributed by atoms with E-state index < -0.39 is 0 Å². The zero-order chi connectivity index (χ0) is 24.2. The van der Waals surface area contributed by atoms with E-state index in [1.165, 1.54) is 36.5 Å². The van der Waals surface area contributed by atoms with Gasteiger partial charge in [-0.3, -0.25) is 14.2 Å². The summed E-state index contributed by atoms with van der Waals surface area (Å²) in [6.45, 7) is -0.197. The van der Waals surface area contributed by atoms with E-state index in [9.17, 15) is 9.59 Å². The van der Waals surface area contributed by atoms with Crippen molar-refractivity contribution >= 4 is 33.1 Å². The largest absolute Gasteiger partial charge is 0.493 e. The maximum Gasteiger partial charge on any atom is 0.263 e. The number of anilines is 1. The highest BCUT2D eigenvalue weighted by Crippen LogP contribution is 2.36. The van der Waals surface area contributed by atoms with Gasteiger partial charge in [-0.15, -0.1) is 11.3 Å². The molecule has 10 heteroatoms. The molecule has 0 unspecified atom stereocenters. The van der Waals surface area contributed by atoms with Gasteiger partial charge in [-0.05, 0) is 29.8 Å². The van der Waals surface area contributed by atoms with Crippen molar-refractivity contribution in [2.45, 2.75) is 6.54 Å². The Morgan fingerprint density at radius 3 is 2.26 bits per heavy atom. The normalized spacial score (nSPS) is 10.7. The Hall–Kier alpha value is -4.05. The third-order valence-corrected chi connectivity index (χ3v) is 6.12. The number of benzene rings is 2. The van der Waals surface area contributed by atoms with Gasteiger partial charge in [0.2, 0.25) is 5.91 Å². The SMILES string of the molecule is COc1ccc(NC(=O)Cn2cnc3scc(-c4ccc(OC)c(OC)c4)c3c2=O)cc1OC. The van der Waals surface area contributed by atoms with Crippen molar-refractivity contribution in [2.75, 3.05) is 33.8 Å². The summed E-state index contributed by atoms with van der Waals surface area (Å²) in [7, 11) is 6.17. The monoisotopic (exact) mass is 481 g/mol. The van der Waals surface area contributed by atoms with Gasteiger partial charge in [0.15, 0.2) is 23.0 Å². The molecule has 2 aromatic carbocycles. The lowest BCUT2D eigenvalue weighted by Gasteiger charge is -2.11. The molecule has 0 aliphatic carbocycles. The second-order valence-electron chi connectivity index (χ2n) is 7.19. The summed E-state index contributed by atoms with van der Waals surface area (Å²) in [5, 5.41) is 5.08. The fourth-order valence-electron chi connectivity index (χ4n) is 3.57. The fourth-order valence-corrected chi connectivity index (χ4v) is 4.47. The van der Waals surface area contributed by atoms with Gasteiger partial charge in [-0.1, -0.05) is 6.07 Å². The predicted molar refractivity (Wildman–Crippen MR) is 131 cm³/mol. The summed E-state index contributed by atoms with van der Waals surface area (Å²) in [6, 6.07) is 10.5. The molecule has 2 aromatic heterocycles. The smallest absolute Gasteiger partial charge is 0.263 e. The number of ether oxygens (including phenoxy) is 4. The molecule has 34 heavy (non-hydrogen) atoms. The average molecular weight is 482 g/mol. The van der Waals surface area contributed by atoms with Gasteiger partial charge in [0.25, 0.3) is 5.56 Å². The number of hydrogen-bond donors (Lipinski definition) is 1. The van der Waals surface area contributed by atoms with E-state index in [-0.39, 0.29) is 18.0 Å². The molecule has 0 spiro atoms. The minimum Gasteiger partial charge on any atom is -0.493 e. The minimum absolute atomic E-state index is 0.197. The molecule has 1 amide bonds. The van der Waals surface area contributed by atoms with Crippen LogP contribution < -0.4 is 29.8 Å². The number of aromatic nitrogens is 2. The number of thiophene rings is 1. The molecule has 0 aliphatic heterocycles. The van der Waals surface area contributed by atoms with Crippen LogP contribution in [-0.2, 0) is 11.3 Å². The summed E-state index contributed by atoms with van der Waals surface area (Å²) >= 11 is 1.36. The second kappa shape index (κ2) is 9.84. The zero-order valence-electron chi connectivity index (χ0n) is 19.1. The average Bonchev–Trinajstić information content (AvgIpc) is 3.30. The quantitative estimate of drug-likeness (QED) is 0.409. The number of hydrogen-bond acceptors (Lipinski definition) is 8. The maximum atomic E-state index is 13.3. The molecular formula is C24H23N3O6S. The number of carbonyl (C=O) groups excluding carboxylic acids is 1. The lowest BCUT2D eigenvalue weighted by molar-refractivity contribution is -0.116. The first-order chi connectivity index (χ1) is 16.5. The highest BCUT2D eigenvalue weighted by atomic mass is 32.1. The van der Waals surface area contributed by atoms with Gasteiger partial charge in [-0.25, -0.2) is 4.98 Å². The van der Waals surface area contributed by atoms with Gasteiger partial charge in [-0.2, -0.15) is 0 Å². The van der Waals surface area contributed by atoms with Crippen molar-refractivity contribution in [1.29, 1.82) is 0 Å². The van der Waals surface area contributed by atoms with E-state index in [1.54, 1.807) is 44.6 Å². The number of nitrogens with zero attached hydrogens (tertiary/aromatic N) is 2. The minimum atomic E-state index is -0.377. The molecule has 9 nitrogen and oxygen atoms in total. The third kappa shape index (κ3) is 4.40. The van der Waals surface area contributed by atoms with Crippen molar-refractivity contribution in [3.63, 3.8) is 0 Å². The Morgan fingerprint density at radius 1 is 0.941 bits per heavy atom. The fraction of sp³-hybridized carbons (Fsp3) is 0.208. The molecule has 0 bridgehead atoms. The van der Waals surface area contributed by atoms with Gasteiger partial charge < -0.3 is 24.3 Å². The van der Waals surface area contributed by atoms with Crippen LogP contribution in [0.3, 0.4) is 0 Å². The number of carbonyl (C=O) groups is 1. The van der Waals surface area contributed by atoms with Gasteiger partial charge in [0.05, 0.1) is 40.2 Å². The van der Waals surface area contributed by atoms with Crippen LogP contribution in [0, 0.1) is 0 Å². The van der Waals surface area contributed by atoms with Crippen LogP contribution in [0.2, 0.25) is 0 Å². The molecule has 0 saturated carbocycles. The van der Waals surface area contributed by atoms with Crippen molar-refractivity contribution in [3.8, 4) is 34.1 Å². The van der Waals surface area contributed by atoms with E-state index in [0.29, 0.717) is 44.5 Å². The number of nitrogens with one attached hydrogen (secondary N) is 1. The summed E-state index contributed by atoms with van der Waals surface area (Å²) in [6.07, 6.45) is 1.38. The van der Waals surface area contributed by atoms with E-state index in [1.807, 2.05) is 11.4 Å². The van der Waals surface area contributed by atoms with E-state index in [0.717, 1.165) is 5.56 Å². The van der Waals surface area contributed by atoms with Crippen LogP contribution in [0.4, 0.5) is 5.69 Å². The van der Waals surface area contributed by atoms with Crippen LogP contribution in [0.25, 0.3) is 21.3 Å². The Morgan fingerprint density at radius 2 is 1.59 bits per heavy atom. The standard InChI is InChI=1S/C24H23N3O6S/c1-30-17-7-5-14(9-19(17)32-3)16-12-34-23-22(16)24(29)27(13-25-23)11-21(28)26-15-6-8-18(31-2)20(10-15)33-4/h5-10,12-13H,11H2,1-4H3,(H,26,28). The number of fused-ring (bicyclic) bond motifs is 1. The highest BCUT2D eigenvalue weighted by Gasteiger charge is 2.17. The molecule has 0 radical (unpaired) electrons. The third-order valence-electron chi connectivity index (χ3n) is 5.24. The molecule has 4 rings (SSSR count). The Bertz CT molecular complexity index is 1410. The first kappa shape index (κ1) is 23.1. The molecule has 1 N–H and O–H groups in total. The molecule has 0 fully saturated rings. The molecule has 2 heterocycles. The van der Waals surface area contributed by atoms with Gasteiger partial charge >= 0.3 is 0 Å². The molecular weight excluding hydrogens is 458 g/mol. The molecule has 0 saturated heterocycles. The lowest BCUT2D eigenvalue weighted by atomic mass is 10.1. The molecule has 0 aliphatic rings. The van der Waals surface area contributed by atoms with Crippen molar-refractivity contribution in [2.24, 2.45) is 0 Å². The predicted octanol–water partition coefficient (Wildman–Crippen LogP) is 3.80. The van der Waals surface area contributed by atoms with E-state index in [4.69, 9.17) is 18.9 Å². The number of amides is 1. The first-order valence-electron chi connectivity index (χ1n) is 10.2. The topological polar surface area (TPSA) is 101 Å². The van der Waals surface area contributed by atoms with Crippen LogP contribution in [-0.4, -0.2) is 43.9 Å². The maximum absolute atomic E-state index is 13.3. The lowest BCUT2D eigenvalue weighted by Crippen LogP contribution is -2.27. The van der Waals surface area contributed by atoms with E-state index in [2.05, 4.69) is 10.3 Å². The second-order valence-corrected chi connectivity index (χ2v) is 8.05. The Balaban J connectivity index is 1.63. The van der Waals surface area contributed by atoms with Gasteiger partial charge in [0, 0.05) is 22.7 Å². The Labute approximate surface area is 199 Å². The summed E-state index contributed by atoms with van der Waals surface area (Å²) in [5.74, 6) is 1.80. The summed E-state index contributed by atoms with van der Waals surface area (Å²) in [4.78, 5) is 30.9. The van der Waals surface area contributed by atoms with Crippen LogP contribution in [0.5, 0.6) is 23.0 Å². The van der Waals surface area contributed by atoms with Gasteiger partial charge in [0.1, 0.15) is 11.4 Å². The van der Waals surface area contributed by atoms with Crippen LogP contribution in [0.15, 0.2) is 52.9 Å². The summed E-state index contributed by atoms with van der Waals surface area (Å²) in [5.41, 5.74) is 1.72. The van der Waals surface area contributed by atoms with Crippen LogP contribution >= 0.6 is 11.3 Å². The van der Waals surface area contributed by atoms with Crippen molar-refractivity contribution in [3.05, 3.63) is 58.5 Å². The molecule has 0 atom stereocenters. The van der Waals surface area contributed by atoms with Crippen molar-refractivity contribution in [1.82, 2.24) is 9.55 Å². The number of methoxy groups -OCH3 is 4. The highest BCUT2D eigenvalue weighted by molar-refractivity contribution is 7.17. The summed E-state index contributed by atoms with van der Waals surface area (Å²) < 4.78 is 22.5.